The van der Waals surface area contributed by atoms with Crippen molar-refractivity contribution in [3.63, 3.8) is 0 Å². The first-order valence-electron chi connectivity index (χ1n) is 5.97. The van der Waals surface area contributed by atoms with Crippen molar-refractivity contribution in [1.29, 1.82) is 0 Å². The molecule has 3 nitrogen and oxygen atoms in total. The lowest BCUT2D eigenvalue weighted by Gasteiger charge is -2.24. The Morgan fingerprint density at radius 2 is 2.25 bits per heavy atom. The molecule has 0 aromatic carbocycles. The number of aryl methyl sites for hydroxylation is 1. The Kier molecular flexibility index (Phi) is 3.62. The lowest BCUT2D eigenvalue weighted by molar-refractivity contribution is 0.0454. The van der Waals surface area contributed by atoms with Crippen molar-refractivity contribution in [3.8, 4) is 0 Å². The first kappa shape index (κ1) is 12.0. The predicted molar refractivity (Wildman–Crippen MR) is 66.7 cm³/mol. The van der Waals surface area contributed by atoms with E-state index in [4.69, 9.17) is 0 Å². The molecule has 1 aromatic heterocycles. The standard InChI is InChI=1S/C12H20N2OS/c1-9(11-7-13-10(2)16-11)14-8-12(15)5-3-4-6-12/h7,9,14-15H,3-6,8H2,1-2H3. The maximum atomic E-state index is 10.2. The van der Waals surface area contributed by atoms with Gasteiger partial charge >= 0.3 is 0 Å². The van der Waals surface area contributed by atoms with E-state index in [0.29, 0.717) is 6.54 Å². The van der Waals surface area contributed by atoms with Gasteiger partial charge in [-0.2, -0.15) is 0 Å². The highest BCUT2D eigenvalue weighted by Crippen LogP contribution is 2.29. The number of hydrogen-bond acceptors (Lipinski definition) is 4. The Morgan fingerprint density at radius 3 is 2.81 bits per heavy atom. The van der Waals surface area contributed by atoms with Gasteiger partial charge in [0.25, 0.3) is 0 Å². The van der Waals surface area contributed by atoms with Gasteiger partial charge in [0, 0.05) is 23.7 Å². The normalized spacial score (nSPS) is 21.2. The highest BCUT2D eigenvalue weighted by atomic mass is 32.1. The number of rotatable bonds is 4. The summed E-state index contributed by atoms with van der Waals surface area (Å²) >= 11 is 1.72. The van der Waals surface area contributed by atoms with Gasteiger partial charge < -0.3 is 10.4 Å². The molecule has 1 heterocycles. The van der Waals surface area contributed by atoms with Crippen LogP contribution in [0.4, 0.5) is 0 Å². The summed E-state index contributed by atoms with van der Waals surface area (Å²) in [6.45, 7) is 4.85. The van der Waals surface area contributed by atoms with E-state index in [1.165, 1.54) is 4.88 Å². The summed E-state index contributed by atoms with van der Waals surface area (Å²) in [5.74, 6) is 0. The van der Waals surface area contributed by atoms with Crippen molar-refractivity contribution in [2.75, 3.05) is 6.54 Å². The predicted octanol–water partition coefficient (Wildman–Crippen LogP) is 2.41. The Balaban J connectivity index is 1.86. The molecule has 1 fully saturated rings. The van der Waals surface area contributed by atoms with Gasteiger partial charge in [0.2, 0.25) is 0 Å². The molecule has 1 unspecified atom stereocenters. The van der Waals surface area contributed by atoms with Crippen LogP contribution in [0.25, 0.3) is 0 Å². The van der Waals surface area contributed by atoms with E-state index in [0.717, 1.165) is 30.7 Å². The van der Waals surface area contributed by atoms with Gasteiger partial charge in [-0.3, -0.25) is 0 Å². The summed E-state index contributed by atoms with van der Waals surface area (Å²) in [7, 11) is 0. The van der Waals surface area contributed by atoms with Crippen LogP contribution in [-0.4, -0.2) is 22.2 Å². The molecule has 0 bridgehead atoms. The van der Waals surface area contributed by atoms with E-state index in [-0.39, 0.29) is 6.04 Å². The van der Waals surface area contributed by atoms with E-state index in [9.17, 15) is 5.11 Å². The minimum absolute atomic E-state index is 0.288. The quantitative estimate of drug-likeness (QED) is 0.849. The first-order chi connectivity index (χ1) is 7.59. The molecule has 0 amide bonds. The van der Waals surface area contributed by atoms with Crippen molar-refractivity contribution in [2.24, 2.45) is 0 Å². The van der Waals surface area contributed by atoms with Crippen LogP contribution in [0.5, 0.6) is 0 Å². The third kappa shape index (κ3) is 2.81. The molecule has 1 atom stereocenters. The van der Waals surface area contributed by atoms with E-state index in [1.807, 2.05) is 13.1 Å². The molecule has 16 heavy (non-hydrogen) atoms. The van der Waals surface area contributed by atoms with Crippen LogP contribution in [0.1, 0.15) is 48.5 Å². The number of aromatic nitrogens is 1. The van der Waals surface area contributed by atoms with Crippen molar-refractivity contribution in [2.45, 2.75) is 51.2 Å². The highest BCUT2D eigenvalue weighted by molar-refractivity contribution is 7.11. The lowest BCUT2D eigenvalue weighted by atomic mass is 10.0. The molecule has 0 aliphatic heterocycles. The molecule has 1 aliphatic carbocycles. The second-order valence-electron chi connectivity index (χ2n) is 4.82. The Morgan fingerprint density at radius 1 is 1.56 bits per heavy atom. The van der Waals surface area contributed by atoms with Crippen molar-refractivity contribution in [3.05, 3.63) is 16.1 Å². The number of aliphatic hydroxyl groups is 1. The molecule has 1 aliphatic rings. The van der Waals surface area contributed by atoms with Crippen LogP contribution < -0.4 is 5.32 Å². The van der Waals surface area contributed by atoms with Crippen LogP contribution in [0.15, 0.2) is 6.20 Å². The van der Waals surface area contributed by atoms with Gasteiger partial charge in [-0.15, -0.1) is 11.3 Å². The van der Waals surface area contributed by atoms with E-state index in [1.54, 1.807) is 11.3 Å². The molecular weight excluding hydrogens is 220 g/mol. The molecule has 0 radical (unpaired) electrons. The van der Waals surface area contributed by atoms with Crippen LogP contribution >= 0.6 is 11.3 Å². The van der Waals surface area contributed by atoms with E-state index >= 15 is 0 Å². The maximum absolute atomic E-state index is 10.2. The highest BCUT2D eigenvalue weighted by Gasteiger charge is 2.31. The molecular formula is C12H20N2OS. The summed E-state index contributed by atoms with van der Waals surface area (Å²) in [5, 5.41) is 14.7. The van der Waals surface area contributed by atoms with Crippen molar-refractivity contribution in [1.82, 2.24) is 10.3 Å². The number of nitrogens with one attached hydrogen (secondary N) is 1. The number of nitrogens with zero attached hydrogens (tertiary/aromatic N) is 1. The largest absolute Gasteiger partial charge is 0.389 e. The maximum Gasteiger partial charge on any atom is 0.0897 e. The van der Waals surface area contributed by atoms with Crippen molar-refractivity contribution >= 4 is 11.3 Å². The summed E-state index contributed by atoms with van der Waals surface area (Å²) in [4.78, 5) is 5.50. The molecule has 1 saturated carbocycles. The first-order valence-corrected chi connectivity index (χ1v) is 6.79. The lowest BCUT2D eigenvalue weighted by Crippen LogP contribution is -2.38. The molecule has 1 aromatic rings. The summed E-state index contributed by atoms with van der Waals surface area (Å²) in [6.07, 6.45) is 6.12. The molecule has 2 N–H and O–H groups in total. The average molecular weight is 240 g/mol. The topological polar surface area (TPSA) is 45.2 Å². The average Bonchev–Trinajstić information content (AvgIpc) is 2.85. The van der Waals surface area contributed by atoms with Crippen molar-refractivity contribution < 1.29 is 5.11 Å². The van der Waals surface area contributed by atoms with Crippen LogP contribution in [0.2, 0.25) is 0 Å². The monoisotopic (exact) mass is 240 g/mol. The Labute approximate surface area is 101 Å². The van der Waals surface area contributed by atoms with E-state index < -0.39 is 5.60 Å². The summed E-state index contributed by atoms with van der Waals surface area (Å²) in [6, 6.07) is 0.288. The Hall–Kier alpha value is -0.450. The third-order valence-electron chi connectivity index (χ3n) is 3.34. The van der Waals surface area contributed by atoms with Gasteiger partial charge in [-0.25, -0.2) is 4.98 Å². The van der Waals surface area contributed by atoms with Gasteiger partial charge in [0.1, 0.15) is 0 Å². The van der Waals surface area contributed by atoms with Gasteiger partial charge in [0.05, 0.1) is 10.6 Å². The zero-order chi connectivity index (χ0) is 11.6. The SMILES string of the molecule is Cc1ncc(C(C)NCC2(O)CCCC2)s1. The van der Waals surface area contributed by atoms with Crippen LogP contribution in [-0.2, 0) is 0 Å². The fourth-order valence-corrected chi connectivity index (χ4v) is 3.04. The van der Waals surface area contributed by atoms with Gasteiger partial charge in [-0.1, -0.05) is 12.8 Å². The molecule has 0 spiro atoms. The molecule has 90 valence electrons. The third-order valence-corrected chi connectivity index (χ3v) is 4.43. The minimum atomic E-state index is -0.464. The zero-order valence-corrected chi connectivity index (χ0v) is 10.8. The zero-order valence-electron chi connectivity index (χ0n) is 9.99. The number of thiazole rings is 1. The number of hydrogen-bond donors (Lipinski definition) is 2. The minimum Gasteiger partial charge on any atom is -0.389 e. The smallest absolute Gasteiger partial charge is 0.0897 e. The van der Waals surface area contributed by atoms with Gasteiger partial charge in [-0.05, 0) is 26.7 Å². The molecule has 0 saturated heterocycles. The van der Waals surface area contributed by atoms with Gasteiger partial charge in [0.15, 0.2) is 0 Å². The van der Waals surface area contributed by atoms with Crippen LogP contribution in [0, 0.1) is 6.92 Å². The van der Waals surface area contributed by atoms with E-state index in [2.05, 4.69) is 17.2 Å². The summed E-state index contributed by atoms with van der Waals surface area (Å²) < 4.78 is 0. The fraction of sp³-hybridized carbons (Fsp3) is 0.750. The second-order valence-corrected chi connectivity index (χ2v) is 6.08. The molecule has 2 rings (SSSR count). The molecule has 4 heteroatoms. The second kappa shape index (κ2) is 4.82. The summed E-state index contributed by atoms with van der Waals surface area (Å²) in [5.41, 5.74) is -0.464. The van der Waals surface area contributed by atoms with Crippen LogP contribution in [0.3, 0.4) is 0 Å². The Bertz CT molecular complexity index is 345. The fourth-order valence-electron chi connectivity index (χ4n) is 2.23.